The second kappa shape index (κ2) is 7.36. The van der Waals surface area contributed by atoms with E-state index in [9.17, 15) is 9.00 Å². The smallest absolute Gasteiger partial charge is 0.316 e. The molecule has 1 unspecified atom stereocenters. The van der Waals surface area contributed by atoms with Gasteiger partial charge < -0.3 is 4.74 Å². The summed E-state index contributed by atoms with van der Waals surface area (Å²) in [5.41, 5.74) is -0.680. The molecule has 0 aliphatic rings. The molecule has 3 nitrogen and oxygen atoms in total. The molecule has 1 atom stereocenters. The average molecular weight is 316 g/mol. The Bertz CT molecular complexity index is 636. The number of rotatable bonds is 6. The van der Waals surface area contributed by atoms with Crippen molar-refractivity contribution in [2.24, 2.45) is 5.41 Å². The molecule has 0 fully saturated rings. The molecular formula is C18H20O3S. The van der Waals surface area contributed by atoms with Gasteiger partial charge in [-0.2, -0.15) is 0 Å². The molecule has 4 heteroatoms. The van der Waals surface area contributed by atoms with E-state index in [-0.39, 0.29) is 5.97 Å². The second-order valence-electron chi connectivity index (χ2n) is 5.70. The lowest BCUT2D eigenvalue weighted by Crippen LogP contribution is -2.30. The van der Waals surface area contributed by atoms with Gasteiger partial charge in [0.05, 0.1) is 16.2 Å². The standard InChI is InChI=1S/C18H20O3S/c1-18(2,17(19)21-15-9-5-3-6-10-15)13-14-22(20)16-11-7-4-8-12-16/h3-12H,13-14H2,1-2H3. The van der Waals surface area contributed by atoms with Crippen LogP contribution in [-0.4, -0.2) is 15.9 Å². The van der Waals surface area contributed by atoms with E-state index in [2.05, 4.69) is 0 Å². The summed E-state index contributed by atoms with van der Waals surface area (Å²) in [6.45, 7) is 3.64. The van der Waals surface area contributed by atoms with Crippen LogP contribution < -0.4 is 4.74 Å². The van der Waals surface area contributed by atoms with E-state index in [1.54, 1.807) is 12.1 Å². The minimum atomic E-state index is -1.10. The number of carbonyl (C=O) groups is 1. The Hall–Kier alpha value is -1.94. The van der Waals surface area contributed by atoms with Gasteiger partial charge in [0.15, 0.2) is 0 Å². The Kier molecular flexibility index (Phi) is 5.50. The number of hydrogen-bond donors (Lipinski definition) is 0. The maximum absolute atomic E-state index is 12.3. The summed E-state index contributed by atoms with van der Waals surface area (Å²) >= 11 is 0. The molecule has 0 bridgehead atoms. The van der Waals surface area contributed by atoms with Crippen molar-refractivity contribution in [1.82, 2.24) is 0 Å². The number of para-hydroxylation sites is 1. The van der Waals surface area contributed by atoms with Gasteiger partial charge in [-0.25, -0.2) is 0 Å². The van der Waals surface area contributed by atoms with Gasteiger partial charge in [0, 0.05) is 10.6 Å². The molecule has 0 amide bonds. The Morgan fingerprint density at radius 2 is 1.55 bits per heavy atom. The predicted molar refractivity (Wildman–Crippen MR) is 88.2 cm³/mol. The maximum Gasteiger partial charge on any atom is 0.316 e. The van der Waals surface area contributed by atoms with Crippen molar-refractivity contribution >= 4 is 16.8 Å². The van der Waals surface area contributed by atoms with Crippen molar-refractivity contribution in [3.8, 4) is 5.75 Å². The number of hydrogen-bond acceptors (Lipinski definition) is 3. The molecule has 0 radical (unpaired) electrons. The molecule has 0 spiro atoms. The summed E-state index contributed by atoms with van der Waals surface area (Å²) in [5.74, 6) is 0.662. The van der Waals surface area contributed by atoms with E-state index in [1.165, 1.54) is 0 Å². The molecule has 0 aliphatic carbocycles. The largest absolute Gasteiger partial charge is 0.426 e. The molecule has 2 aromatic carbocycles. The van der Waals surface area contributed by atoms with Crippen LogP contribution in [0.4, 0.5) is 0 Å². The lowest BCUT2D eigenvalue weighted by Gasteiger charge is -2.22. The highest BCUT2D eigenvalue weighted by Crippen LogP contribution is 2.25. The highest BCUT2D eigenvalue weighted by molar-refractivity contribution is 7.85. The topological polar surface area (TPSA) is 43.4 Å². The van der Waals surface area contributed by atoms with Gasteiger partial charge >= 0.3 is 5.97 Å². The SMILES string of the molecule is CC(C)(CCS(=O)c1ccccc1)C(=O)Oc1ccccc1. The molecule has 116 valence electrons. The number of ether oxygens (including phenoxy) is 1. The second-order valence-corrected chi connectivity index (χ2v) is 7.27. The first-order valence-electron chi connectivity index (χ1n) is 7.20. The minimum absolute atomic E-state index is 0.302. The van der Waals surface area contributed by atoms with Crippen molar-refractivity contribution in [3.63, 3.8) is 0 Å². The maximum atomic E-state index is 12.3. The summed E-state index contributed by atoms with van der Waals surface area (Å²) < 4.78 is 17.6. The molecular weight excluding hydrogens is 296 g/mol. The summed E-state index contributed by atoms with van der Waals surface area (Å²) in [5, 5.41) is 0. The van der Waals surface area contributed by atoms with E-state index in [1.807, 2.05) is 62.4 Å². The fourth-order valence-electron chi connectivity index (χ4n) is 1.87. The zero-order valence-electron chi connectivity index (χ0n) is 12.8. The third-order valence-electron chi connectivity index (χ3n) is 3.42. The van der Waals surface area contributed by atoms with Gasteiger partial charge in [-0.1, -0.05) is 36.4 Å². The quantitative estimate of drug-likeness (QED) is 0.601. The van der Waals surface area contributed by atoms with Gasteiger partial charge in [-0.05, 0) is 44.5 Å². The van der Waals surface area contributed by atoms with Crippen LogP contribution in [0.1, 0.15) is 20.3 Å². The van der Waals surface area contributed by atoms with Crippen LogP contribution in [0.15, 0.2) is 65.6 Å². The summed E-state index contributed by atoms with van der Waals surface area (Å²) in [6, 6.07) is 18.3. The zero-order valence-corrected chi connectivity index (χ0v) is 13.6. The molecule has 2 aromatic rings. The lowest BCUT2D eigenvalue weighted by molar-refractivity contribution is -0.144. The van der Waals surface area contributed by atoms with Gasteiger partial charge in [0.25, 0.3) is 0 Å². The summed E-state index contributed by atoms with van der Waals surface area (Å²) in [4.78, 5) is 13.0. The Labute approximate surface area is 133 Å². The van der Waals surface area contributed by atoms with E-state index in [0.717, 1.165) is 4.90 Å². The normalized spacial score (nSPS) is 12.6. The van der Waals surface area contributed by atoms with Crippen LogP contribution in [0.25, 0.3) is 0 Å². The molecule has 0 heterocycles. The van der Waals surface area contributed by atoms with E-state index in [4.69, 9.17) is 4.74 Å². The number of esters is 1. The van der Waals surface area contributed by atoms with Crippen LogP contribution in [0.5, 0.6) is 5.75 Å². The number of carbonyl (C=O) groups excluding carboxylic acids is 1. The lowest BCUT2D eigenvalue weighted by atomic mass is 9.90. The van der Waals surface area contributed by atoms with Crippen LogP contribution in [0, 0.1) is 5.41 Å². The van der Waals surface area contributed by atoms with Crippen LogP contribution >= 0.6 is 0 Å². The molecule has 0 N–H and O–H groups in total. The first kappa shape index (κ1) is 16.4. The van der Waals surface area contributed by atoms with Crippen molar-refractivity contribution < 1.29 is 13.7 Å². The van der Waals surface area contributed by atoms with E-state index < -0.39 is 16.2 Å². The van der Waals surface area contributed by atoms with Crippen LogP contribution in [0.2, 0.25) is 0 Å². The van der Waals surface area contributed by atoms with Crippen molar-refractivity contribution in [2.75, 3.05) is 5.75 Å². The fourth-order valence-corrected chi connectivity index (χ4v) is 3.27. The van der Waals surface area contributed by atoms with Gasteiger partial charge in [-0.3, -0.25) is 9.00 Å². The third kappa shape index (κ3) is 4.53. The highest BCUT2D eigenvalue weighted by Gasteiger charge is 2.30. The fraction of sp³-hybridized carbons (Fsp3) is 0.278. The number of benzene rings is 2. The molecule has 0 saturated heterocycles. The summed E-state index contributed by atoms with van der Waals surface area (Å²) in [7, 11) is -1.10. The van der Waals surface area contributed by atoms with Gasteiger partial charge in [-0.15, -0.1) is 0 Å². The van der Waals surface area contributed by atoms with Crippen molar-refractivity contribution in [3.05, 3.63) is 60.7 Å². The van der Waals surface area contributed by atoms with Crippen LogP contribution in [0.3, 0.4) is 0 Å². The molecule has 0 aromatic heterocycles. The van der Waals surface area contributed by atoms with Crippen LogP contribution in [-0.2, 0) is 15.6 Å². The van der Waals surface area contributed by atoms with Crippen molar-refractivity contribution in [1.29, 1.82) is 0 Å². The first-order chi connectivity index (χ1) is 10.5. The zero-order chi connectivity index (χ0) is 16.0. The monoisotopic (exact) mass is 316 g/mol. The Morgan fingerprint density at radius 3 is 2.14 bits per heavy atom. The van der Waals surface area contributed by atoms with Crippen molar-refractivity contribution in [2.45, 2.75) is 25.2 Å². The van der Waals surface area contributed by atoms with Gasteiger partial charge in [0.2, 0.25) is 0 Å². The average Bonchev–Trinajstić information content (AvgIpc) is 2.54. The minimum Gasteiger partial charge on any atom is -0.426 e. The molecule has 22 heavy (non-hydrogen) atoms. The van der Waals surface area contributed by atoms with Gasteiger partial charge in [0.1, 0.15) is 5.75 Å². The van der Waals surface area contributed by atoms with E-state index >= 15 is 0 Å². The van der Waals surface area contributed by atoms with E-state index in [0.29, 0.717) is 17.9 Å². The predicted octanol–water partition coefficient (Wildman–Crippen LogP) is 3.82. The third-order valence-corrected chi connectivity index (χ3v) is 4.80. The molecule has 0 aliphatic heterocycles. The molecule has 2 rings (SSSR count). The molecule has 0 saturated carbocycles. The summed E-state index contributed by atoms with van der Waals surface area (Å²) in [6.07, 6.45) is 0.500. The highest BCUT2D eigenvalue weighted by atomic mass is 32.2. The Balaban J connectivity index is 1.93. The Morgan fingerprint density at radius 1 is 1.00 bits per heavy atom. The first-order valence-corrected chi connectivity index (χ1v) is 8.52.